The molecule has 0 aromatic carbocycles. The molecule has 5 rings (SSSR count). The first-order valence-corrected chi connectivity index (χ1v) is 20.5. The number of aliphatic carboxylic acids is 2. The second kappa shape index (κ2) is 21.3. The monoisotopic (exact) mass is 838 g/mol. The minimum absolute atomic E-state index is 0. The molecule has 0 amide bonds. The van der Waals surface area contributed by atoms with Crippen molar-refractivity contribution in [3.63, 3.8) is 0 Å². The van der Waals surface area contributed by atoms with Crippen LogP contribution in [0, 0.1) is 19.8 Å². The van der Waals surface area contributed by atoms with Gasteiger partial charge < -0.3 is 25.3 Å². The number of allylic oxidation sites excluding steroid dienone is 10. The number of aliphatic hydroxyl groups excluding tert-OH is 1. The molecule has 2 aliphatic heterocycles. The third-order valence-corrected chi connectivity index (χ3v) is 11.3. The van der Waals surface area contributed by atoms with E-state index < -0.39 is 18.0 Å². The molecular weight excluding hydrogens is 780 g/mol. The first-order chi connectivity index (χ1) is 27.7. The van der Waals surface area contributed by atoms with Crippen molar-refractivity contribution in [3.05, 3.63) is 118 Å². The van der Waals surface area contributed by atoms with Gasteiger partial charge in [-0.05, 0) is 109 Å². The largest absolute Gasteiger partial charge is 2.00 e. The summed E-state index contributed by atoms with van der Waals surface area (Å²) in [7, 11) is 0. The summed E-state index contributed by atoms with van der Waals surface area (Å²) in [6, 6.07) is 7.57. The average molecular weight is 839 g/mol. The summed E-state index contributed by atoms with van der Waals surface area (Å²) in [5, 5.41) is 31.0. The number of carboxylic acid groups (broad SMARTS) is 2. The number of carbonyl (C=O) groups is 2. The van der Waals surface area contributed by atoms with Gasteiger partial charge in [-0.2, -0.15) is 0 Å². The predicted molar refractivity (Wildman–Crippen MR) is 236 cm³/mol. The molecule has 5 heterocycles. The van der Waals surface area contributed by atoms with Crippen LogP contribution in [-0.2, 0) is 39.5 Å². The van der Waals surface area contributed by atoms with E-state index in [-0.39, 0.29) is 42.8 Å². The zero-order valence-electron chi connectivity index (χ0n) is 35.5. The van der Waals surface area contributed by atoms with Gasteiger partial charge in [0.15, 0.2) is 0 Å². The third-order valence-electron chi connectivity index (χ3n) is 11.3. The smallest absolute Gasteiger partial charge is 0.657 e. The van der Waals surface area contributed by atoms with Gasteiger partial charge in [-0.25, -0.2) is 9.97 Å². The molecule has 59 heavy (non-hydrogen) atoms. The second-order valence-corrected chi connectivity index (χ2v) is 15.7. The van der Waals surface area contributed by atoms with E-state index in [1.54, 1.807) is 6.08 Å². The number of aryl methyl sites for hydroxylation is 4. The molecule has 312 valence electrons. The fourth-order valence-corrected chi connectivity index (χ4v) is 7.48. The molecule has 0 fully saturated rings. The molecule has 2 aliphatic rings. The number of nitrogens with zero attached hydrogens (tertiary/aromatic N) is 4. The summed E-state index contributed by atoms with van der Waals surface area (Å²) in [6.07, 6.45) is 17.8. The number of carboxylic acids is 2. The molecule has 0 spiro atoms. The summed E-state index contributed by atoms with van der Waals surface area (Å²) < 4.78 is 0. The number of fused-ring (bicyclic) bond motifs is 8. The third kappa shape index (κ3) is 11.6. The van der Waals surface area contributed by atoms with Crippen LogP contribution in [-0.4, -0.2) is 43.3 Å². The predicted octanol–water partition coefficient (Wildman–Crippen LogP) is 10.7. The van der Waals surface area contributed by atoms with Gasteiger partial charge in [0.2, 0.25) is 0 Å². The van der Waals surface area contributed by atoms with Gasteiger partial charge in [0.05, 0.1) is 28.9 Å². The van der Waals surface area contributed by atoms with E-state index >= 15 is 0 Å². The van der Waals surface area contributed by atoms with Gasteiger partial charge in [-0.1, -0.05) is 103 Å². The number of hydrogen-bond donors (Lipinski definition) is 3. The quantitative estimate of drug-likeness (QED) is 0.0646. The Morgan fingerprint density at radius 2 is 1.19 bits per heavy atom. The maximum absolute atomic E-state index is 11.8. The number of aliphatic hydroxyl groups is 1. The zero-order valence-corrected chi connectivity index (χ0v) is 36.6. The molecule has 0 unspecified atom stereocenters. The van der Waals surface area contributed by atoms with E-state index in [1.807, 2.05) is 52.0 Å². The summed E-state index contributed by atoms with van der Waals surface area (Å²) in [6.45, 7) is 18.5. The molecule has 0 aliphatic carbocycles. The molecule has 0 saturated heterocycles. The van der Waals surface area contributed by atoms with Crippen molar-refractivity contribution in [2.75, 3.05) is 0 Å². The number of rotatable bonds is 18. The van der Waals surface area contributed by atoms with E-state index in [0.29, 0.717) is 63.6 Å². The fourth-order valence-electron chi connectivity index (χ4n) is 7.48. The minimum atomic E-state index is -0.915. The van der Waals surface area contributed by atoms with Crippen LogP contribution in [0.4, 0.5) is 0 Å². The van der Waals surface area contributed by atoms with Crippen molar-refractivity contribution in [2.45, 2.75) is 119 Å². The van der Waals surface area contributed by atoms with Crippen molar-refractivity contribution in [1.29, 1.82) is 0 Å². The fraction of sp³-hybridized carbons (Fsp3) is 0.388. The van der Waals surface area contributed by atoms with Crippen molar-refractivity contribution in [3.8, 4) is 0 Å². The van der Waals surface area contributed by atoms with Gasteiger partial charge in [0, 0.05) is 24.0 Å². The van der Waals surface area contributed by atoms with Gasteiger partial charge in [-0.3, -0.25) is 9.59 Å². The van der Waals surface area contributed by atoms with E-state index in [2.05, 4.69) is 57.7 Å². The maximum atomic E-state index is 11.8. The molecule has 10 heteroatoms. The second-order valence-electron chi connectivity index (χ2n) is 15.7. The van der Waals surface area contributed by atoms with Crippen LogP contribution in [0.3, 0.4) is 0 Å². The van der Waals surface area contributed by atoms with Crippen LogP contribution in [0.1, 0.15) is 131 Å². The molecule has 3 aromatic rings. The molecule has 3 aromatic heterocycles. The van der Waals surface area contributed by atoms with Gasteiger partial charge in [0.1, 0.15) is 0 Å². The van der Waals surface area contributed by atoms with Crippen LogP contribution in [0.5, 0.6) is 0 Å². The standard InChI is InChI=1S/C49H60N4O5.Fe/c1-9-35-31(5)40-27-45-49(46(54)20-18-16-14-12-10-11-13-15-17-19-30(4)29(2)3)34(8)41(53-45)25-38-32(6)36(21-23-47(55)56)43(51-38)28-44-37(22-24-48(57)58)33(7)39(52-44)26-42(35)50-40;/h9,11,13-14,16,19,25-29,46,54H,1,10,12,15,17-18,20-24H2,2-8H3,(H4,50,51,52,53,55,56,57,58);/q;+2/p-2/b13-11-,16-14-,30-19+,38-25?,39-26?,40-27?,41-25?,42-26?,43-28?,44-28?,45-27?;/t46-;/m0./s1. The molecular formula is C49H58FeN4O5. The summed E-state index contributed by atoms with van der Waals surface area (Å²) in [4.78, 5) is 43.5. The van der Waals surface area contributed by atoms with Crippen molar-refractivity contribution in [1.82, 2.24) is 19.9 Å². The first kappa shape index (κ1) is 46.7. The SMILES string of the molecule is C=CC1=C(C)c2cc3nc(cc4[n-]c(cc5[n-]c(cc1n2)c(C)c5CCC(=O)O)c(CCC(=O)O)c4C)C(C)=C3[C@@H](O)CC/C=C\CC/C=C\CC/C=C(\C)C(C)C.[Fe+2]. The van der Waals surface area contributed by atoms with Crippen LogP contribution in [0.25, 0.3) is 44.4 Å². The number of aromatic nitrogens is 4. The molecule has 1 atom stereocenters. The average Bonchev–Trinajstić information content (AvgIpc) is 3.84. The van der Waals surface area contributed by atoms with Gasteiger partial charge in [-0.15, -0.1) is 22.1 Å². The zero-order chi connectivity index (χ0) is 42.1. The van der Waals surface area contributed by atoms with Crippen molar-refractivity contribution >= 4 is 56.3 Å². The number of unbranched alkanes of at least 4 members (excludes halogenated alkanes) is 2. The Kier molecular flexibility index (Phi) is 16.8. The normalized spacial score (nSPS) is 13.9. The Balaban J connectivity index is 0.00000769. The Bertz CT molecular complexity index is 2390. The van der Waals surface area contributed by atoms with E-state index in [1.165, 1.54) is 5.57 Å². The van der Waals surface area contributed by atoms with Crippen molar-refractivity contribution in [2.24, 2.45) is 5.92 Å². The number of hydrogen-bond acceptors (Lipinski definition) is 5. The van der Waals surface area contributed by atoms with E-state index in [9.17, 15) is 24.9 Å². The van der Waals surface area contributed by atoms with Crippen molar-refractivity contribution < 1.29 is 42.0 Å². The van der Waals surface area contributed by atoms with Gasteiger partial charge >= 0.3 is 29.0 Å². The molecule has 3 N–H and O–H groups in total. The Morgan fingerprint density at radius 1 is 0.695 bits per heavy atom. The maximum Gasteiger partial charge on any atom is 2.00 e. The summed E-state index contributed by atoms with van der Waals surface area (Å²) >= 11 is 0. The molecule has 8 bridgehead atoms. The summed E-state index contributed by atoms with van der Waals surface area (Å²) in [5.41, 5.74) is 13.2. The van der Waals surface area contributed by atoms with Crippen LogP contribution in [0.15, 0.2) is 72.9 Å². The molecule has 0 saturated carbocycles. The first-order valence-electron chi connectivity index (χ1n) is 20.5. The summed E-state index contributed by atoms with van der Waals surface area (Å²) in [5.74, 6) is -1.23. The van der Waals surface area contributed by atoms with Crippen LogP contribution < -0.4 is 9.97 Å². The van der Waals surface area contributed by atoms with Crippen LogP contribution in [0.2, 0.25) is 0 Å². The Hall–Kier alpha value is -5.02. The topological polar surface area (TPSA) is 149 Å². The molecule has 9 nitrogen and oxygen atoms in total. The van der Waals surface area contributed by atoms with E-state index in [4.69, 9.17) is 19.9 Å². The Labute approximate surface area is 359 Å². The van der Waals surface area contributed by atoms with Crippen LogP contribution >= 0.6 is 0 Å². The minimum Gasteiger partial charge on any atom is -0.657 e. The Morgan fingerprint density at radius 3 is 1.71 bits per heavy atom. The molecule has 0 radical (unpaired) electrons. The van der Waals surface area contributed by atoms with Gasteiger partial charge in [0.25, 0.3) is 0 Å². The van der Waals surface area contributed by atoms with E-state index in [0.717, 1.165) is 70.2 Å².